The summed E-state index contributed by atoms with van der Waals surface area (Å²) in [6, 6.07) is 23.2. The van der Waals surface area contributed by atoms with Gasteiger partial charge in [-0.05, 0) is 44.0 Å². The van der Waals surface area contributed by atoms with E-state index >= 15 is 0 Å². The summed E-state index contributed by atoms with van der Waals surface area (Å²) in [5.41, 5.74) is 5.36. The third kappa shape index (κ3) is 6.21. The maximum atomic E-state index is 14.6. The van der Waals surface area contributed by atoms with Gasteiger partial charge in [-0.1, -0.05) is 78.9 Å². The minimum atomic E-state index is -0.860. The molecule has 1 aliphatic heterocycles. The van der Waals surface area contributed by atoms with Crippen LogP contribution in [-0.4, -0.2) is 49.1 Å². The van der Waals surface area contributed by atoms with Crippen LogP contribution in [0.4, 0.5) is 0 Å². The Morgan fingerprint density at radius 2 is 1.73 bits per heavy atom. The van der Waals surface area contributed by atoms with Gasteiger partial charge in [0.05, 0.1) is 36.1 Å². The number of hydrogen-bond acceptors (Lipinski definition) is 8. The van der Waals surface area contributed by atoms with Crippen LogP contribution in [0.3, 0.4) is 0 Å². The van der Waals surface area contributed by atoms with Crippen LogP contribution in [0.15, 0.2) is 93.9 Å². The number of aromatic nitrogens is 2. The van der Waals surface area contributed by atoms with Crippen molar-refractivity contribution in [1.82, 2.24) is 9.13 Å². The van der Waals surface area contributed by atoms with E-state index in [4.69, 9.17) is 23.9 Å². The first-order valence-corrected chi connectivity index (χ1v) is 16.8. The number of hydrogen-bond donors (Lipinski definition) is 0. The highest BCUT2D eigenvalue weighted by Crippen LogP contribution is 2.41. The summed E-state index contributed by atoms with van der Waals surface area (Å²) in [6.45, 7) is 7.30. The van der Waals surface area contributed by atoms with Crippen molar-refractivity contribution in [3.8, 4) is 11.5 Å². The second kappa shape index (κ2) is 14.5. The Morgan fingerprint density at radius 1 is 0.958 bits per heavy atom. The summed E-state index contributed by atoms with van der Waals surface area (Å²) in [4.78, 5) is 33.6. The van der Waals surface area contributed by atoms with Crippen LogP contribution >= 0.6 is 11.3 Å². The van der Waals surface area contributed by atoms with E-state index in [1.165, 1.54) is 16.9 Å². The van der Waals surface area contributed by atoms with E-state index < -0.39 is 12.0 Å². The van der Waals surface area contributed by atoms with Crippen LogP contribution in [0.2, 0.25) is 0 Å². The Hall–Kier alpha value is -4.93. The molecule has 3 heterocycles. The van der Waals surface area contributed by atoms with Gasteiger partial charge in [-0.3, -0.25) is 9.36 Å². The number of fused-ring (bicyclic) bond motifs is 2. The molecule has 0 N–H and O–H groups in total. The van der Waals surface area contributed by atoms with E-state index in [1.807, 2.05) is 55.5 Å². The number of nitrogens with zero attached hydrogens (tertiary/aromatic N) is 3. The molecule has 5 aromatic rings. The summed E-state index contributed by atoms with van der Waals surface area (Å²) in [6.07, 6.45) is 2.72. The normalized spacial score (nSPS) is 14.6. The summed E-state index contributed by atoms with van der Waals surface area (Å²) in [5.74, 6) is 0.404. The van der Waals surface area contributed by atoms with E-state index in [1.54, 1.807) is 31.8 Å². The third-order valence-electron chi connectivity index (χ3n) is 8.48. The lowest BCUT2D eigenvalue weighted by atomic mass is 9.94. The molecule has 1 atom stereocenters. The Kier molecular flexibility index (Phi) is 9.93. The van der Waals surface area contributed by atoms with Crippen LogP contribution < -0.4 is 24.4 Å². The van der Waals surface area contributed by atoms with E-state index in [2.05, 4.69) is 35.8 Å². The zero-order valence-electron chi connectivity index (χ0n) is 27.8. The first kappa shape index (κ1) is 33.0. The topological polar surface area (TPSA) is 93.3 Å². The molecule has 0 spiro atoms. The Morgan fingerprint density at radius 3 is 2.48 bits per heavy atom. The van der Waals surface area contributed by atoms with Gasteiger partial charge in [-0.15, -0.1) is 0 Å². The summed E-state index contributed by atoms with van der Waals surface area (Å²) in [7, 11) is 3.11. The van der Waals surface area contributed by atoms with Crippen LogP contribution in [0.1, 0.15) is 48.7 Å². The highest BCUT2D eigenvalue weighted by Gasteiger charge is 2.36. The number of para-hydroxylation sites is 2. The largest absolute Gasteiger partial charge is 0.493 e. The van der Waals surface area contributed by atoms with Gasteiger partial charge in [0.15, 0.2) is 16.3 Å². The predicted molar refractivity (Wildman–Crippen MR) is 188 cm³/mol. The van der Waals surface area contributed by atoms with Crippen LogP contribution in [0, 0.1) is 6.92 Å². The molecule has 0 radical (unpaired) electrons. The standard InChI is InChI=1S/C38H39N3O6S/c1-6-19-46-35-28(16-12-18-31(35)45-5)34-33(37(43)47-21-20-44-4)24(2)39-38-41(34)36(42)32(48-38)22-29-25(3)40(23-26-13-8-7-9-14-26)30-17-11-10-15-27(29)30/h7-18,22,34H,6,19-21,23H2,1-5H3/b32-22+/t34-/m1/s1. The first-order valence-electron chi connectivity index (χ1n) is 16.0. The highest BCUT2D eigenvalue weighted by atomic mass is 32.1. The number of carbonyl (C=O) groups excluding carboxylic acids is 1. The number of ether oxygens (including phenoxy) is 4. The fourth-order valence-corrected chi connectivity index (χ4v) is 7.21. The summed E-state index contributed by atoms with van der Waals surface area (Å²) < 4.78 is 27.0. The van der Waals surface area contributed by atoms with Crippen molar-refractivity contribution in [2.45, 2.75) is 39.8 Å². The zero-order valence-corrected chi connectivity index (χ0v) is 28.6. The van der Waals surface area contributed by atoms with Crippen molar-refractivity contribution in [1.29, 1.82) is 0 Å². The lowest BCUT2D eigenvalue weighted by molar-refractivity contribution is -0.140. The van der Waals surface area contributed by atoms with Crippen LogP contribution in [0.25, 0.3) is 17.0 Å². The van der Waals surface area contributed by atoms with Crippen molar-refractivity contribution >= 4 is 34.3 Å². The molecule has 6 rings (SSSR count). The molecule has 0 unspecified atom stereocenters. The predicted octanol–water partition coefficient (Wildman–Crippen LogP) is 5.53. The maximum Gasteiger partial charge on any atom is 0.338 e. The Bertz CT molecular complexity index is 2180. The van der Waals surface area contributed by atoms with Crippen molar-refractivity contribution in [2.24, 2.45) is 4.99 Å². The molecule has 248 valence electrons. The van der Waals surface area contributed by atoms with Crippen LogP contribution in [0.5, 0.6) is 11.5 Å². The molecule has 9 nitrogen and oxygen atoms in total. The van der Waals surface area contributed by atoms with E-state index in [0.29, 0.717) is 45.2 Å². The maximum absolute atomic E-state index is 14.6. The second-order valence-electron chi connectivity index (χ2n) is 11.5. The average Bonchev–Trinajstić information content (AvgIpc) is 3.55. The van der Waals surface area contributed by atoms with Crippen molar-refractivity contribution in [3.05, 3.63) is 126 Å². The highest BCUT2D eigenvalue weighted by molar-refractivity contribution is 7.07. The molecule has 0 saturated heterocycles. The molecule has 1 aliphatic rings. The van der Waals surface area contributed by atoms with Gasteiger partial charge in [0.25, 0.3) is 5.56 Å². The molecule has 0 aliphatic carbocycles. The fraction of sp³-hybridized carbons (Fsp3) is 0.289. The number of benzene rings is 3. The lowest BCUT2D eigenvalue weighted by Gasteiger charge is -2.27. The van der Waals surface area contributed by atoms with E-state index in [0.717, 1.165) is 28.6 Å². The van der Waals surface area contributed by atoms with E-state index in [-0.39, 0.29) is 24.3 Å². The number of methoxy groups -OCH3 is 2. The molecule has 0 bridgehead atoms. The molecule has 0 fully saturated rings. The van der Waals surface area contributed by atoms with Crippen molar-refractivity contribution in [3.63, 3.8) is 0 Å². The Labute approximate surface area is 283 Å². The summed E-state index contributed by atoms with van der Waals surface area (Å²) >= 11 is 1.30. The first-order chi connectivity index (χ1) is 23.4. The number of allylic oxidation sites excluding steroid dienone is 1. The fourth-order valence-electron chi connectivity index (χ4n) is 6.18. The van der Waals surface area contributed by atoms with Gasteiger partial charge in [0, 0.05) is 41.4 Å². The number of carbonyl (C=O) groups is 1. The molecule has 10 heteroatoms. The summed E-state index contributed by atoms with van der Waals surface area (Å²) in [5, 5.41) is 1.05. The zero-order chi connectivity index (χ0) is 33.8. The van der Waals surface area contributed by atoms with Gasteiger partial charge >= 0.3 is 5.97 Å². The minimum absolute atomic E-state index is 0.0624. The molecule has 0 saturated carbocycles. The van der Waals surface area contributed by atoms with Gasteiger partial charge in [0.2, 0.25) is 0 Å². The van der Waals surface area contributed by atoms with E-state index in [9.17, 15) is 9.59 Å². The number of esters is 1. The molecular formula is C38H39N3O6S. The van der Waals surface area contributed by atoms with Crippen LogP contribution in [-0.2, 0) is 20.8 Å². The average molecular weight is 666 g/mol. The SMILES string of the molecule is CCCOc1c(OC)cccc1[C@@H]1C(C(=O)OCCOC)=C(C)N=c2s/c(=C/c3c(C)n(Cc4ccccc4)c4ccccc34)c(=O)n21. The molecule has 3 aromatic carbocycles. The van der Waals surface area contributed by atoms with Gasteiger partial charge < -0.3 is 23.5 Å². The van der Waals surface area contributed by atoms with Crippen molar-refractivity contribution < 1.29 is 23.7 Å². The molecule has 2 aromatic heterocycles. The quantitative estimate of drug-likeness (QED) is 0.129. The number of rotatable bonds is 12. The molecule has 48 heavy (non-hydrogen) atoms. The monoisotopic (exact) mass is 665 g/mol. The smallest absolute Gasteiger partial charge is 0.338 e. The van der Waals surface area contributed by atoms with Crippen molar-refractivity contribution in [2.75, 3.05) is 34.0 Å². The van der Waals surface area contributed by atoms with Gasteiger partial charge in [0.1, 0.15) is 12.6 Å². The molecule has 0 amide bonds. The third-order valence-corrected chi connectivity index (χ3v) is 9.46. The second-order valence-corrected chi connectivity index (χ2v) is 12.5. The molecular weight excluding hydrogens is 627 g/mol. The van der Waals surface area contributed by atoms with Gasteiger partial charge in [-0.2, -0.15) is 0 Å². The Balaban J connectivity index is 1.56. The lowest BCUT2D eigenvalue weighted by Crippen LogP contribution is -2.40. The number of thiazole rings is 1. The minimum Gasteiger partial charge on any atom is -0.493 e. The van der Waals surface area contributed by atoms with Gasteiger partial charge in [-0.25, -0.2) is 9.79 Å².